The molecular weight excluding hydrogens is 417 g/mol. The van der Waals surface area contributed by atoms with Crippen LogP contribution in [0.15, 0.2) is 12.1 Å². The van der Waals surface area contributed by atoms with Crippen LogP contribution >= 0.6 is 0 Å². The Hall–Kier alpha value is -2.98. The van der Waals surface area contributed by atoms with Crippen LogP contribution in [-0.2, 0) is 9.53 Å². The van der Waals surface area contributed by atoms with E-state index >= 15 is 0 Å². The molecule has 1 amide bonds. The summed E-state index contributed by atoms with van der Waals surface area (Å²) in [6.45, 7) is 6.82. The minimum atomic E-state index is -1.34. The minimum Gasteiger partial charge on any atom is -0.444 e. The molecule has 0 bridgehead atoms. The lowest BCUT2D eigenvalue weighted by Gasteiger charge is -2.36. The van der Waals surface area contributed by atoms with Crippen LogP contribution in [0.5, 0.6) is 0 Å². The van der Waals surface area contributed by atoms with Gasteiger partial charge in [0.1, 0.15) is 17.3 Å². The molecule has 1 aliphatic heterocycles. The average molecular weight is 442 g/mol. The lowest BCUT2D eigenvalue weighted by molar-refractivity contribution is -0.143. The third kappa shape index (κ3) is 5.20. The predicted molar refractivity (Wildman–Crippen MR) is 106 cm³/mol. The highest BCUT2D eigenvalue weighted by Crippen LogP contribution is 2.27. The Kier molecular flexibility index (Phi) is 6.33. The summed E-state index contributed by atoms with van der Waals surface area (Å²) in [5.41, 5.74) is -0.632. The van der Waals surface area contributed by atoms with Crippen LogP contribution in [0.3, 0.4) is 0 Å². The van der Waals surface area contributed by atoms with E-state index in [0.29, 0.717) is 0 Å². The molecule has 3 rings (SSSR count). The van der Waals surface area contributed by atoms with Crippen LogP contribution < -0.4 is 15.1 Å². The van der Waals surface area contributed by atoms with Gasteiger partial charge >= 0.3 is 12.1 Å². The van der Waals surface area contributed by atoms with Crippen LogP contribution in [0, 0.1) is 11.6 Å². The second-order valence-corrected chi connectivity index (χ2v) is 8.28. The smallest absolute Gasteiger partial charge is 0.408 e. The summed E-state index contributed by atoms with van der Waals surface area (Å²) in [4.78, 5) is 35.1. The van der Waals surface area contributed by atoms with Crippen LogP contribution in [0.1, 0.15) is 40.5 Å². The van der Waals surface area contributed by atoms with E-state index in [1.54, 1.807) is 32.6 Å². The van der Waals surface area contributed by atoms with Gasteiger partial charge in [0, 0.05) is 31.6 Å². The van der Waals surface area contributed by atoms with Gasteiger partial charge in [0.2, 0.25) is 5.95 Å². The Bertz CT molecular complexity index is 989. The summed E-state index contributed by atoms with van der Waals surface area (Å²) in [7, 11) is 0. The number of ether oxygens (including phenoxy) is 1. The van der Waals surface area contributed by atoms with Crippen LogP contribution in [0.2, 0.25) is 0 Å². The summed E-state index contributed by atoms with van der Waals surface area (Å²) in [5, 5.41) is 2.51. The van der Waals surface area contributed by atoms with E-state index in [1.807, 2.05) is 0 Å². The molecule has 0 saturated carbocycles. The van der Waals surface area contributed by atoms with E-state index < -0.39 is 41.5 Å². The number of piperidine rings is 1. The van der Waals surface area contributed by atoms with Crippen molar-refractivity contribution >= 4 is 29.0 Å². The van der Waals surface area contributed by atoms with Crippen molar-refractivity contribution in [2.24, 2.45) is 0 Å². The maximum atomic E-state index is 14.5. The molecule has 8 nitrogen and oxygen atoms in total. The number of imidazole rings is 1. The molecule has 1 aromatic carbocycles. The first-order valence-corrected chi connectivity index (χ1v) is 9.95. The summed E-state index contributed by atoms with van der Waals surface area (Å²) in [5.74, 6) is -2.77. The Morgan fingerprint density at radius 3 is 2.58 bits per heavy atom. The second-order valence-electron chi connectivity index (χ2n) is 8.28. The molecule has 11 heteroatoms. The third-order valence-electron chi connectivity index (χ3n) is 4.63. The van der Waals surface area contributed by atoms with Gasteiger partial charge in [-0.25, -0.2) is 27.7 Å². The van der Waals surface area contributed by atoms with Gasteiger partial charge in [-0.1, -0.05) is 6.92 Å². The summed E-state index contributed by atoms with van der Waals surface area (Å²) < 4.78 is 48.2. The Balaban J connectivity index is 1.91. The average Bonchev–Trinajstić information content (AvgIpc) is 2.99. The van der Waals surface area contributed by atoms with Gasteiger partial charge in [0.05, 0.1) is 11.6 Å². The van der Waals surface area contributed by atoms with E-state index in [-0.39, 0.29) is 42.9 Å². The number of alkyl halides is 1. The van der Waals surface area contributed by atoms with Gasteiger partial charge in [0.25, 0.3) is 0 Å². The lowest BCUT2D eigenvalue weighted by atomic mass is 10.0. The molecule has 0 unspecified atom stereocenters. The van der Waals surface area contributed by atoms with E-state index in [4.69, 9.17) is 9.57 Å². The third-order valence-corrected chi connectivity index (χ3v) is 4.63. The second kappa shape index (κ2) is 8.64. The molecule has 1 fully saturated rings. The topological polar surface area (TPSA) is 85.7 Å². The standard InChI is InChI=1S/C20H25F3N4O4/c1-5-17(28)31-27-16-9-13(23)12(22)8-14(16)24-18(27)26-7-6-11(21)15(10-26)25-19(29)30-20(2,3)4/h8-9,11,15H,5-7,10H2,1-4H3,(H,25,29)/t11-,15-/m1/s1. The molecule has 1 aliphatic rings. The highest BCUT2D eigenvalue weighted by molar-refractivity contribution is 5.80. The first-order valence-electron chi connectivity index (χ1n) is 9.95. The number of carbonyl (C=O) groups is 2. The molecule has 2 heterocycles. The number of amides is 1. The SMILES string of the molecule is CCC(=O)On1c(N2CC[C@@H](F)[C@H](NC(=O)OC(C)(C)C)C2)nc2cc(F)c(F)cc21. The fourth-order valence-electron chi connectivity index (χ4n) is 3.19. The quantitative estimate of drug-likeness (QED) is 0.783. The molecule has 0 spiro atoms. The van der Waals surface area contributed by atoms with Crippen molar-refractivity contribution in [3.8, 4) is 0 Å². The van der Waals surface area contributed by atoms with Gasteiger partial charge in [0.15, 0.2) is 11.6 Å². The van der Waals surface area contributed by atoms with E-state index in [9.17, 15) is 22.8 Å². The van der Waals surface area contributed by atoms with Crippen LogP contribution in [0.25, 0.3) is 11.0 Å². The number of fused-ring (bicyclic) bond motifs is 1. The predicted octanol–water partition coefficient (Wildman–Crippen LogP) is 3.12. The van der Waals surface area contributed by atoms with Crippen molar-refractivity contribution in [3.05, 3.63) is 23.8 Å². The molecule has 1 saturated heterocycles. The van der Waals surface area contributed by atoms with E-state index in [0.717, 1.165) is 16.9 Å². The van der Waals surface area contributed by atoms with Crippen LogP contribution in [-0.4, -0.2) is 52.7 Å². The van der Waals surface area contributed by atoms with Crippen molar-refractivity contribution in [1.29, 1.82) is 0 Å². The molecule has 2 atom stereocenters. The van der Waals surface area contributed by atoms with Crippen molar-refractivity contribution in [3.63, 3.8) is 0 Å². The number of nitrogens with one attached hydrogen (secondary N) is 1. The molecule has 170 valence electrons. The number of benzene rings is 1. The van der Waals surface area contributed by atoms with E-state index in [1.165, 1.54) is 0 Å². The number of rotatable bonds is 4. The zero-order chi connectivity index (χ0) is 22.9. The first-order chi connectivity index (χ1) is 14.5. The molecule has 31 heavy (non-hydrogen) atoms. The Morgan fingerprint density at radius 2 is 1.94 bits per heavy atom. The summed E-state index contributed by atoms with van der Waals surface area (Å²) in [6.07, 6.45) is -2.02. The highest BCUT2D eigenvalue weighted by atomic mass is 19.2. The number of carbonyl (C=O) groups excluding carboxylic acids is 2. The van der Waals surface area contributed by atoms with Gasteiger partial charge in [-0.05, 0) is 27.2 Å². The molecule has 0 aliphatic carbocycles. The number of hydrogen-bond acceptors (Lipinski definition) is 6. The fourth-order valence-corrected chi connectivity index (χ4v) is 3.19. The minimum absolute atomic E-state index is 0.0155. The van der Waals surface area contributed by atoms with Crippen molar-refractivity contribution in [1.82, 2.24) is 15.0 Å². The number of aromatic nitrogens is 2. The number of hydrogen-bond donors (Lipinski definition) is 1. The zero-order valence-electron chi connectivity index (χ0n) is 17.7. The van der Waals surface area contributed by atoms with Gasteiger partial charge in [-0.15, -0.1) is 4.73 Å². The maximum absolute atomic E-state index is 14.5. The largest absolute Gasteiger partial charge is 0.444 e. The van der Waals surface area contributed by atoms with E-state index in [2.05, 4.69) is 10.3 Å². The molecule has 2 aromatic rings. The monoisotopic (exact) mass is 442 g/mol. The molecular formula is C20H25F3N4O4. The molecule has 1 N–H and O–H groups in total. The first kappa shape index (κ1) is 22.7. The Morgan fingerprint density at radius 1 is 1.26 bits per heavy atom. The number of alkyl carbamates (subject to hydrolysis) is 1. The zero-order valence-corrected chi connectivity index (χ0v) is 17.7. The lowest BCUT2D eigenvalue weighted by Crippen LogP contribution is -2.55. The van der Waals surface area contributed by atoms with Gasteiger partial charge < -0.3 is 19.8 Å². The molecule has 0 radical (unpaired) electrons. The summed E-state index contributed by atoms with van der Waals surface area (Å²) >= 11 is 0. The fraction of sp³-hybridized carbons (Fsp3) is 0.550. The van der Waals surface area contributed by atoms with Gasteiger partial charge in [-0.2, -0.15) is 0 Å². The number of halogens is 3. The van der Waals surface area contributed by atoms with Gasteiger partial charge in [-0.3, -0.25) is 0 Å². The molecule has 1 aromatic heterocycles. The summed E-state index contributed by atoms with van der Waals surface area (Å²) in [6, 6.07) is 0.845. The number of nitrogens with zero attached hydrogens (tertiary/aromatic N) is 3. The van der Waals surface area contributed by atoms with Crippen molar-refractivity contribution in [2.45, 2.75) is 58.4 Å². The normalized spacial score (nSPS) is 19.4. The van der Waals surface area contributed by atoms with Crippen molar-refractivity contribution in [2.75, 3.05) is 18.0 Å². The maximum Gasteiger partial charge on any atom is 0.408 e. The number of anilines is 1. The van der Waals surface area contributed by atoms with Crippen molar-refractivity contribution < 1.29 is 32.3 Å². The highest BCUT2D eigenvalue weighted by Gasteiger charge is 2.34. The Labute approximate surface area is 177 Å². The van der Waals surface area contributed by atoms with Crippen LogP contribution in [0.4, 0.5) is 23.9 Å².